The fourth-order valence-corrected chi connectivity index (χ4v) is 3.65. The third-order valence-corrected chi connectivity index (χ3v) is 4.86. The average Bonchev–Trinajstić information content (AvgIpc) is 2.71. The lowest BCUT2D eigenvalue weighted by atomic mass is 9.83. The summed E-state index contributed by atoms with van der Waals surface area (Å²) < 4.78 is 0. The molecule has 1 saturated carbocycles. The molecule has 0 heterocycles. The van der Waals surface area contributed by atoms with Crippen LogP contribution in [0.4, 0.5) is 0 Å². The number of hydrogen-bond donors (Lipinski definition) is 1. The number of hydrogen-bond acceptors (Lipinski definition) is 1. The molecule has 2 unspecified atom stereocenters. The van der Waals surface area contributed by atoms with E-state index < -0.39 is 0 Å². The lowest BCUT2D eigenvalue weighted by molar-refractivity contribution is 0.280. The first kappa shape index (κ1) is 15.6. The van der Waals surface area contributed by atoms with Crippen molar-refractivity contribution in [1.29, 1.82) is 0 Å². The van der Waals surface area contributed by atoms with Gasteiger partial charge in [-0.3, -0.25) is 0 Å². The minimum absolute atomic E-state index is 0.924. The average molecular weight is 273 g/mol. The van der Waals surface area contributed by atoms with Gasteiger partial charge in [-0.15, -0.1) is 0 Å². The van der Waals surface area contributed by atoms with Crippen molar-refractivity contribution in [2.45, 2.75) is 58.3 Å². The Labute approximate surface area is 125 Å². The van der Waals surface area contributed by atoms with Gasteiger partial charge in [-0.05, 0) is 56.2 Å². The summed E-state index contributed by atoms with van der Waals surface area (Å²) in [5.74, 6) is 1.88. The maximum Gasteiger partial charge on any atom is -0.00180 e. The lowest BCUT2D eigenvalue weighted by Gasteiger charge is -2.25. The van der Waals surface area contributed by atoms with Crippen molar-refractivity contribution >= 4 is 0 Å². The van der Waals surface area contributed by atoms with Gasteiger partial charge in [0.2, 0.25) is 0 Å². The molecule has 0 aliphatic heterocycles. The summed E-state index contributed by atoms with van der Waals surface area (Å²) in [6, 6.07) is 11.0. The van der Waals surface area contributed by atoms with Gasteiger partial charge in [0.25, 0.3) is 0 Å². The van der Waals surface area contributed by atoms with Crippen molar-refractivity contribution in [2.24, 2.45) is 11.8 Å². The Morgan fingerprint density at radius 1 is 1.00 bits per heavy atom. The summed E-state index contributed by atoms with van der Waals surface area (Å²) in [5, 5.41) is 3.58. The standard InChI is InChI=1S/C19H31N/c1-2-20-16-19-14-8-4-7-13-18(19)15-9-12-17-10-5-3-6-11-17/h3,5-6,10-11,18-20H,2,4,7-9,12-16H2,1H3. The van der Waals surface area contributed by atoms with Gasteiger partial charge < -0.3 is 5.32 Å². The van der Waals surface area contributed by atoms with Crippen LogP contribution in [0.15, 0.2) is 30.3 Å². The van der Waals surface area contributed by atoms with Crippen LogP contribution in [0.2, 0.25) is 0 Å². The fourth-order valence-electron chi connectivity index (χ4n) is 3.65. The van der Waals surface area contributed by atoms with Crippen LogP contribution in [0.3, 0.4) is 0 Å². The molecule has 0 saturated heterocycles. The predicted octanol–water partition coefficient (Wildman–Crippen LogP) is 4.82. The second kappa shape index (κ2) is 9.18. The highest BCUT2D eigenvalue weighted by Gasteiger charge is 2.22. The quantitative estimate of drug-likeness (QED) is 0.703. The highest BCUT2D eigenvalue weighted by atomic mass is 14.8. The molecule has 0 spiro atoms. The van der Waals surface area contributed by atoms with Crippen LogP contribution < -0.4 is 5.32 Å². The first-order valence-corrected chi connectivity index (χ1v) is 8.64. The van der Waals surface area contributed by atoms with E-state index in [1.54, 1.807) is 0 Å². The molecule has 0 bridgehead atoms. The van der Waals surface area contributed by atoms with Crippen molar-refractivity contribution in [1.82, 2.24) is 5.32 Å². The van der Waals surface area contributed by atoms with Crippen molar-refractivity contribution in [3.8, 4) is 0 Å². The largest absolute Gasteiger partial charge is 0.317 e. The molecule has 1 heteroatoms. The summed E-state index contributed by atoms with van der Waals surface area (Å²) in [6.45, 7) is 4.58. The summed E-state index contributed by atoms with van der Waals surface area (Å²) >= 11 is 0. The Bertz CT molecular complexity index is 346. The van der Waals surface area contributed by atoms with Crippen LogP contribution >= 0.6 is 0 Å². The zero-order valence-electron chi connectivity index (χ0n) is 13.1. The second-order valence-corrected chi connectivity index (χ2v) is 6.34. The normalized spacial score (nSPS) is 23.4. The molecular formula is C19H31N. The van der Waals surface area contributed by atoms with Crippen molar-refractivity contribution < 1.29 is 0 Å². The summed E-state index contributed by atoms with van der Waals surface area (Å²) in [7, 11) is 0. The Kier molecular flexibility index (Phi) is 7.14. The molecule has 2 rings (SSSR count). The van der Waals surface area contributed by atoms with Gasteiger partial charge in [0.05, 0.1) is 0 Å². The molecule has 112 valence electrons. The van der Waals surface area contributed by atoms with E-state index in [2.05, 4.69) is 42.6 Å². The number of benzene rings is 1. The van der Waals surface area contributed by atoms with Crippen molar-refractivity contribution in [3.05, 3.63) is 35.9 Å². The molecule has 1 fully saturated rings. The SMILES string of the molecule is CCNCC1CCCCCC1CCCc1ccccc1. The molecule has 0 radical (unpaired) electrons. The van der Waals surface area contributed by atoms with Crippen LogP contribution in [-0.2, 0) is 6.42 Å². The Morgan fingerprint density at radius 2 is 1.75 bits per heavy atom. The number of rotatable bonds is 7. The van der Waals surface area contributed by atoms with Crippen LogP contribution in [0.1, 0.15) is 57.4 Å². The van der Waals surface area contributed by atoms with Gasteiger partial charge >= 0.3 is 0 Å². The molecule has 1 nitrogen and oxygen atoms in total. The Balaban J connectivity index is 1.78. The molecule has 1 aliphatic rings. The fraction of sp³-hybridized carbons (Fsp3) is 0.684. The minimum Gasteiger partial charge on any atom is -0.317 e. The van der Waals surface area contributed by atoms with Crippen LogP contribution in [0.25, 0.3) is 0 Å². The smallest absolute Gasteiger partial charge is 0.00180 e. The number of nitrogens with one attached hydrogen (secondary N) is 1. The van der Waals surface area contributed by atoms with E-state index in [1.165, 1.54) is 63.5 Å². The second-order valence-electron chi connectivity index (χ2n) is 6.34. The summed E-state index contributed by atoms with van der Waals surface area (Å²) in [6.07, 6.45) is 11.3. The number of aryl methyl sites for hydroxylation is 1. The van der Waals surface area contributed by atoms with Gasteiger partial charge in [-0.1, -0.05) is 62.9 Å². The van der Waals surface area contributed by atoms with Crippen LogP contribution in [0.5, 0.6) is 0 Å². The minimum atomic E-state index is 0.924. The van der Waals surface area contributed by atoms with Crippen molar-refractivity contribution in [2.75, 3.05) is 13.1 Å². The molecule has 0 amide bonds. The highest BCUT2D eigenvalue weighted by molar-refractivity contribution is 5.14. The van der Waals surface area contributed by atoms with Gasteiger partial charge in [0.1, 0.15) is 0 Å². The molecule has 20 heavy (non-hydrogen) atoms. The first-order valence-electron chi connectivity index (χ1n) is 8.64. The van der Waals surface area contributed by atoms with E-state index in [0.29, 0.717) is 0 Å². The zero-order valence-corrected chi connectivity index (χ0v) is 13.1. The molecule has 0 aromatic heterocycles. The summed E-state index contributed by atoms with van der Waals surface area (Å²) in [4.78, 5) is 0. The van der Waals surface area contributed by atoms with E-state index in [4.69, 9.17) is 0 Å². The molecule has 1 aromatic carbocycles. The highest BCUT2D eigenvalue weighted by Crippen LogP contribution is 2.32. The van der Waals surface area contributed by atoms with E-state index in [0.717, 1.165) is 18.4 Å². The maximum atomic E-state index is 3.58. The van der Waals surface area contributed by atoms with E-state index in [-0.39, 0.29) is 0 Å². The first-order chi connectivity index (χ1) is 9.90. The van der Waals surface area contributed by atoms with E-state index >= 15 is 0 Å². The van der Waals surface area contributed by atoms with Gasteiger partial charge in [-0.25, -0.2) is 0 Å². The monoisotopic (exact) mass is 273 g/mol. The summed E-state index contributed by atoms with van der Waals surface area (Å²) in [5.41, 5.74) is 1.50. The van der Waals surface area contributed by atoms with Gasteiger partial charge in [0.15, 0.2) is 0 Å². The molecule has 1 aliphatic carbocycles. The van der Waals surface area contributed by atoms with E-state index in [1.807, 2.05) is 0 Å². The maximum absolute atomic E-state index is 3.58. The Morgan fingerprint density at radius 3 is 2.50 bits per heavy atom. The Hall–Kier alpha value is -0.820. The molecule has 1 N–H and O–H groups in total. The predicted molar refractivity (Wildman–Crippen MR) is 88.0 cm³/mol. The zero-order chi connectivity index (χ0) is 14.0. The van der Waals surface area contributed by atoms with Crippen LogP contribution in [-0.4, -0.2) is 13.1 Å². The lowest BCUT2D eigenvalue weighted by Crippen LogP contribution is -2.27. The molecular weight excluding hydrogens is 242 g/mol. The van der Waals surface area contributed by atoms with Gasteiger partial charge in [0, 0.05) is 0 Å². The molecule has 1 aromatic rings. The topological polar surface area (TPSA) is 12.0 Å². The third-order valence-electron chi connectivity index (χ3n) is 4.86. The van der Waals surface area contributed by atoms with Gasteiger partial charge in [-0.2, -0.15) is 0 Å². The van der Waals surface area contributed by atoms with Crippen molar-refractivity contribution in [3.63, 3.8) is 0 Å². The molecule has 2 atom stereocenters. The van der Waals surface area contributed by atoms with Crippen LogP contribution in [0, 0.1) is 11.8 Å². The third kappa shape index (κ3) is 5.28. The van der Waals surface area contributed by atoms with E-state index in [9.17, 15) is 0 Å².